The summed E-state index contributed by atoms with van der Waals surface area (Å²) in [5.74, 6) is 2.51. The van der Waals surface area contributed by atoms with Gasteiger partial charge in [-0.1, -0.05) is 45.7 Å². The van der Waals surface area contributed by atoms with Crippen LogP contribution in [0.25, 0.3) is 0 Å². The molecule has 6 nitrogen and oxygen atoms in total. The van der Waals surface area contributed by atoms with Crippen LogP contribution in [0, 0.1) is 5.92 Å². The second kappa shape index (κ2) is 12.9. The summed E-state index contributed by atoms with van der Waals surface area (Å²) in [4.78, 5) is 32.2. The molecule has 0 bridgehead atoms. The zero-order chi connectivity index (χ0) is 25.5. The van der Waals surface area contributed by atoms with Crippen LogP contribution >= 0.6 is 0 Å². The Hall–Kier alpha value is -2.08. The van der Waals surface area contributed by atoms with E-state index in [2.05, 4.69) is 48.8 Å². The lowest BCUT2D eigenvalue weighted by Gasteiger charge is -2.30. The van der Waals surface area contributed by atoms with E-state index < -0.39 is 0 Å². The quantitative estimate of drug-likeness (QED) is 0.391. The molecule has 3 atom stereocenters. The van der Waals surface area contributed by atoms with Gasteiger partial charge < -0.3 is 14.5 Å². The highest BCUT2D eigenvalue weighted by Gasteiger charge is 2.40. The third-order valence-corrected chi connectivity index (χ3v) is 8.64. The van der Waals surface area contributed by atoms with Crippen LogP contribution in [0.2, 0.25) is 0 Å². The first-order chi connectivity index (χ1) is 17.5. The maximum Gasteiger partial charge on any atom is 0.236 e. The van der Waals surface area contributed by atoms with Crippen molar-refractivity contribution in [2.24, 2.45) is 5.92 Å². The van der Waals surface area contributed by atoms with Gasteiger partial charge in [-0.15, -0.1) is 0 Å². The molecule has 3 aliphatic heterocycles. The molecule has 2 fully saturated rings. The van der Waals surface area contributed by atoms with Gasteiger partial charge in [0, 0.05) is 57.5 Å². The molecule has 0 N–H and O–H groups in total. The van der Waals surface area contributed by atoms with Crippen LogP contribution in [0.3, 0.4) is 0 Å². The summed E-state index contributed by atoms with van der Waals surface area (Å²) in [6.45, 7) is 12.5. The van der Waals surface area contributed by atoms with Crippen LogP contribution in [0.1, 0.15) is 89.2 Å². The maximum atomic E-state index is 13.5. The number of carbonyl (C=O) groups is 2. The van der Waals surface area contributed by atoms with E-state index in [0.717, 1.165) is 96.4 Å². The van der Waals surface area contributed by atoms with Gasteiger partial charge in [0.1, 0.15) is 5.75 Å². The minimum absolute atomic E-state index is 0.284. The van der Waals surface area contributed by atoms with Crippen molar-refractivity contribution in [3.63, 3.8) is 0 Å². The van der Waals surface area contributed by atoms with Gasteiger partial charge in [-0.05, 0) is 55.2 Å². The monoisotopic (exact) mass is 497 g/mol. The van der Waals surface area contributed by atoms with Crippen LogP contribution in [0.15, 0.2) is 18.2 Å². The average molecular weight is 498 g/mol. The lowest BCUT2D eigenvalue weighted by atomic mass is 9.84. The standard InChI is InChI=1S/C30H47N3O3/c1-4-6-15-32(16-7-5-2)30(35)22-33-21-26(24-12-13-28-25(20-24)14-19-36-28)23(3)27(33)10-8-17-31-18-9-11-29(31)34/h12-13,20,23,26-27H,4-11,14-19,21-22H2,1-3H3/t23-,26-,27-/m0/s1. The van der Waals surface area contributed by atoms with Crippen molar-refractivity contribution >= 4 is 11.8 Å². The van der Waals surface area contributed by atoms with E-state index in [-0.39, 0.29) is 5.91 Å². The summed E-state index contributed by atoms with van der Waals surface area (Å²) in [5.41, 5.74) is 2.71. The summed E-state index contributed by atoms with van der Waals surface area (Å²) in [7, 11) is 0. The van der Waals surface area contributed by atoms with Crippen molar-refractivity contribution < 1.29 is 14.3 Å². The third-order valence-electron chi connectivity index (χ3n) is 8.64. The fraction of sp³-hybridized carbons (Fsp3) is 0.733. The number of hydrogen-bond donors (Lipinski definition) is 0. The van der Waals surface area contributed by atoms with Crippen molar-refractivity contribution in [2.45, 2.75) is 90.5 Å². The van der Waals surface area contributed by atoms with Crippen molar-refractivity contribution in [1.29, 1.82) is 0 Å². The van der Waals surface area contributed by atoms with Crippen molar-refractivity contribution in [1.82, 2.24) is 14.7 Å². The molecule has 3 aliphatic rings. The minimum Gasteiger partial charge on any atom is -0.493 e. The molecule has 1 aromatic rings. The molecule has 0 spiro atoms. The van der Waals surface area contributed by atoms with Gasteiger partial charge in [0.05, 0.1) is 13.2 Å². The van der Waals surface area contributed by atoms with Crippen LogP contribution in [-0.4, -0.2) is 78.4 Å². The van der Waals surface area contributed by atoms with E-state index in [4.69, 9.17) is 4.74 Å². The Labute approximate surface area is 218 Å². The van der Waals surface area contributed by atoms with Gasteiger partial charge in [0.2, 0.25) is 11.8 Å². The van der Waals surface area contributed by atoms with Gasteiger partial charge in [0.15, 0.2) is 0 Å². The van der Waals surface area contributed by atoms with E-state index in [1.54, 1.807) is 0 Å². The molecular weight excluding hydrogens is 450 g/mol. The number of ether oxygens (including phenoxy) is 1. The number of rotatable bonds is 13. The molecule has 200 valence electrons. The molecule has 0 aromatic heterocycles. The Balaban J connectivity index is 1.46. The van der Waals surface area contributed by atoms with Gasteiger partial charge in [0.25, 0.3) is 0 Å². The molecule has 2 saturated heterocycles. The zero-order valence-electron chi connectivity index (χ0n) is 22.8. The van der Waals surface area contributed by atoms with Crippen molar-refractivity contribution in [3.05, 3.63) is 29.3 Å². The van der Waals surface area contributed by atoms with E-state index in [9.17, 15) is 9.59 Å². The molecule has 4 rings (SSSR count). The topological polar surface area (TPSA) is 53.1 Å². The van der Waals surface area contributed by atoms with Crippen molar-refractivity contribution in [3.8, 4) is 5.75 Å². The molecule has 2 amide bonds. The first-order valence-electron chi connectivity index (χ1n) is 14.6. The number of carbonyl (C=O) groups excluding carboxylic acids is 2. The van der Waals surface area contributed by atoms with E-state index in [1.807, 2.05) is 4.90 Å². The zero-order valence-corrected chi connectivity index (χ0v) is 22.8. The normalized spacial score (nSPS) is 23.8. The number of hydrogen-bond acceptors (Lipinski definition) is 4. The number of nitrogens with zero attached hydrogens (tertiary/aromatic N) is 3. The summed E-state index contributed by atoms with van der Waals surface area (Å²) in [5, 5.41) is 0. The van der Waals surface area contributed by atoms with Crippen LogP contribution in [0.5, 0.6) is 5.75 Å². The molecule has 6 heteroatoms. The first kappa shape index (κ1) is 27.0. The van der Waals surface area contributed by atoms with Gasteiger partial charge >= 0.3 is 0 Å². The smallest absolute Gasteiger partial charge is 0.236 e. The third kappa shape index (κ3) is 6.42. The molecule has 0 aliphatic carbocycles. The molecule has 0 radical (unpaired) electrons. The number of amides is 2. The van der Waals surface area contributed by atoms with Crippen LogP contribution in [-0.2, 0) is 16.0 Å². The number of fused-ring (bicyclic) bond motifs is 1. The Morgan fingerprint density at radius 1 is 1.11 bits per heavy atom. The lowest BCUT2D eigenvalue weighted by molar-refractivity contribution is -0.133. The average Bonchev–Trinajstić information content (AvgIpc) is 3.59. The largest absolute Gasteiger partial charge is 0.493 e. The summed E-state index contributed by atoms with van der Waals surface area (Å²) in [6, 6.07) is 7.10. The maximum absolute atomic E-state index is 13.5. The van der Waals surface area contributed by atoms with Crippen molar-refractivity contribution in [2.75, 3.05) is 45.9 Å². The van der Waals surface area contributed by atoms with Crippen LogP contribution < -0.4 is 4.74 Å². The van der Waals surface area contributed by atoms with Gasteiger partial charge in [-0.2, -0.15) is 0 Å². The molecule has 36 heavy (non-hydrogen) atoms. The number of benzene rings is 1. The summed E-state index contributed by atoms with van der Waals surface area (Å²) < 4.78 is 5.75. The predicted octanol–water partition coefficient (Wildman–Crippen LogP) is 4.86. The molecule has 0 unspecified atom stereocenters. The Morgan fingerprint density at radius 3 is 2.58 bits per heavy atom. The SMILES string of the molecule is CCCCN(CCCC)C(=O)CN1C[C@H](c2ccc3c(c2)CCO3)[C@H](C)[C@@H]1CCCN1CCCC1=O. The van der Waals surface area contributed by atoms with E-state index in [0.29, 0.717) is 36.8 Å². The number of unbranched alkanes of at least 4 members (excludes halogenated alkanes) is 2. The van der Waals surface area contributed by atoms with Gasteiger partial charge in [-0.3, -0.25) is 14.5 Å². The van der Waals surface area contributed by atoms with E-state index in [1.165, 1.54) is 11.1 Å². The van der Waals surface area contributed by atoms with Gasteiger partial charge in [-0.25, -0.2) is 0 Å². The molecular formula is C30H47N3O3. The Kier molecular flexibility index (Phi) is 9.69. The predicted molar refractivity (Wildman–Crippen MR) is 144 cm³/mol. The fourth-order valence-electron chi connectivity index (χ4n) is 6.39. The highest BCUT2D eigenvalue weighted by atomic mass is 16.5. The van der Waals surface area contributed by atoms with Crippen LogP contribution in [0.4, 0.5) is 0 Å². The molecule has 0 saturated carbocycles. The van der Waals surface area contributed by atoms with E-state index >= 15 is 0 Å². The second-order valence-corrected chi connectivity index (χ2v) is 11.1. The molecule has 3 heterocycles. The highest BCUT2D eigenvalue weighted by molar-refractivity contribution is 5.78. The molecule has 1 aromatic carbocycles. The summed E-state index contributed by atoms with van der Waals surface area (Å²) in [6.07, 6.45) is 9.09. The fourth-order valence-corrected chi connectivity index (χ4v) is 6.39. The first-order valence-corrected chi connectivity index (χ1v) is 14.6. The number of likely N-dealkylation sites (tertiary alicyclic amines) is 2. The Bertz CT molecular complexity index is 880. The minimum atomic E-state index is 0.284. The highest BCUT2D eigenvalue weighted by Crippen LogP contribution is 2.41. The summed E-state index contributed by atoms with van der Waals surface area (Å²) >= 11 is 0. The lowest BCUT2D eigenvalue weighted by Crippen LogP contribution is -2.44. The Morgan fingerprint density at radius 2 is 1.89 bits per heavy atom. The second-order valence-electron chi connectivity index (χ2n) is 11.1.